The highest BCUT2D eigenvalue weighted by Gasteiger charge is 2.51. The SMILES string of the molecule is CCCCC/C=C\C/C=C\CCCCCCCCC(CCCCCCCC/C=C\C/C=C\CCCCC)OC(=O)CCCN(C)C.CCCCC/C=C\C/C=C\CCCCCCCCC1(CCCCCCCC/C=C\C/C=C\CCCCC)O[C@H]2CC(N(C)C)C[C@H]2O1. The fourth-order valence-corrected chi connectivity index (χ4v) is 13.1. The van der Waals surface area contributed by atoms with Gasteiger partial charge in [0, 0.05) is 25.3 Å². The maximum Gasteiger partial charge on any atom is 0.306 e. The van der Waals surface area contributed by atoms with Crippen molar-refractivity contribution >= 4 is 5.97 Å². The molecule has 0 N–H and O–H groups in total. The number of carbonyl (C=O) groups excluding carboxylic acids is 1. The molecule has 2 rings (SSSR count). The van der Waals surface area contributed by atoms with Crippen LogP contribution in [0.5, 0.6) is 0 Å². The molecule has 1 heterocycles. The van der Waals surface area contributed by atoms with Gasteiger partial charge in [0.1, 0.15) is 6.10 Å². The van der Waals surface area contributed by atoms with E-state index in [1.165, 1.54) is 283 Å². The first-order valence-electron chi connectivity index (χ1n) is 40.8. The van der Waals surface area contributed by atoms with Crippen LogP contribution < -0.4 is 0 Å². The van der Waals surface area contributed by atoms with Crippen LogP contribution in [0.2, 0.25) is 0 Å². The number of carbonyl (C=O) groups is 1. The minimum absolute atomic E-state index is 0.00641. The normalized spacial score (nSPS) is 16.8. The lowest BCUT2D eigenvalue weighted by Gasteiger charge is -2.31. The highest BCUT2D eigenvalue weighted by molar-refractivity contribution is 5.69. The van der Waals surface area contributed by atoms with Crippen LogP contribution >= 0.6 is 0 Å². The lowest BCUT2D eigenvalue weighted by molar-refractivity contribution is -0.193. The van der Waals surface area contributed by atoms with E-state index in [1.807, 2.05) is 0 Å². The van der Waals surface area contributed by atoms with E-state index in [0.717, 1.165) is 77.2 Å². The molecule has 0 aromatic rings. The summed E-state index contributed by atoms with van der Waals surface area (Å²) in [7, 11) is 8.52. The molecule has 540 valence electrons. The van der Waals surface area contributed by atoms with Crippen LogP contribution in [-0.2, 0) is 19.0 Å². The monoisotopic (exact) mass is 1300 g/mol. The summed E-state index contributed by atoms with van der Waals surface area (Å²) in [5.41, 5.74) is 0. The molecule has 2 aliphatic rings. The number of nitrogens with zero attached hydrogens (tertiary/aromatic N) is 2. The molecule has 93 heavy (non-hydrogen) atoms. The third-order valence-electron chi connectivity index (χ3n) is 19.1. The number of unbranched alkanes of at least 4 members (excludes halogenated alkanes) is 36. The second-order valence-corrected chi connectivity index (χ2v) is 28.7. The predicted molar refractivity (Wildman–Crippen MR) is 413 cm³/mol. The molecule has 0 spiro atoms. The largest absolute Gasteiger partial charge is 0.462 e. The Morgan fingerprint density at radius 1 is 0.366 bits per heavy atom. The molecule has 0 aromatic carbocycles. The van der Waals surface area contributed by atoms with Crippen molar-refractivity contribution in [3.05, 3.63) is 97.2 Å². The van der Waals surface area contributed by atoms with Crippen molar-refractivity contribution in [1.29, 1.82) is 0 Å². The van der Waals surface area contributed by atoms with Crippen LogP contribution in [0.3, 0.4) is 0 Å². The first-order valence-corrected chi connectivity index (χ1v) is 40.8. The molecule has 0 amide bonds. The smallest absolute Gasteiger partial charge is 0.306 e. The van der Waals surface area contributed by atoms with Crippen molar-refractivity contribution in [3.8, 4) is 0 Å². The zero-order chi connectivity index (χ0) is 67.3. The highest BCUT2D eigenvalue weighted by atomic mass is 16.8. The molecule has 0 bridgehead atoms. The molecule has 1 aliphatic heterocycles. The molecule has 1 unspecified atom stereocenters. The highest BCUT2D eigenvalue weighted by Crippen LogP contribution is 2.44. The topological polar surface area (TPSA) is 51.2 Å². The number of ether oxygens (including phenoxy) is 3. The lowest BCUT2D eigenvalue weighted by Crippen LogP contribution is -2.34. The van der Waals surface area contributed by atoms with E-state index >= 15 is 0 Å². The molecular weight excluding hydrogens is 1140 g/mol. The Morgan fingerprint density at radius 3 is 0.914 bits per heavy atom. The summed E-state index contributed by atoms with van der Waals surface area (Å²) in [5.74, 6) is -0.302. The van der Waals surface area contributed by atoms with Crippen molar-refractivity contribution in [2.75, 3.05) is 34.7 Å². The third-order valence-corrected chi connectivity index (χ3v) is 19.1. The molecule has 1 aliphatic carbocycles. The summed E-state index contributed by atoms with van der Waals surface area (Å²) < 4.78 is 19.7. The van der Waals surface area contributed by atoms with Crippen LogP contribution in [0, 0.1) is 0 Å². The molecule has 1 saturated heterocycles. The predicted octanol–water partition coefficient (Wildman–Crippen LogP) is 27.2. The van der Waals surface area contributed by atoms with Crippen LogP contribution in [0.4, 0.5) is 0 Å². The molecule has 6 heteroatoms. The second kappa shape index (κ2) is 69.1. The summed E-state index contributed by atoms with van der Waals surface area (Å²) in [4.78, 5) is 17.0. The first-order chi connectivity index (χ1) is 45.7. The van der Waals surface area contributed by atoms with E-state index < -0.39 is 0 Å². The number of fused-ring (bicyclic) bond motifs is 1. The number of hydrogen-bond donors (Lipinski definition) is 0. The van der Waals surface area contributed by atoms with Gasteiger partial charge in [-0.25, -0.2) is 0 Å². The Hall–Kier alpha value is -2.77. The third kappa shape index (κ3) is 59.0. The number of hydrogen-bond acceptors (Lipinski definition) is 6. The van der Waals surface area contributed by atoms with Gasteiger partial charge in [-0.05, 0) is 221 Å². The summed E-state index contributed by atoms with van der Waals surface area (Å²) in [6.45, 7) is 10.0. The van der Waals surface area contributed by atoms with Crippen molar-refractivity contribution in [1.82, 2.24) is 9.80 Å². The van der Waals surface area contributed by atoms with E-state index in [2.05, 4.69) is 163 Å². The number of esters is 1. The van der Waals surface area contributed by atoms with Gasteiger partial charge in [-0.3, -0.25) is 4.79 Å². The van der Waals surface area contributed by atoms with Crippen molar-refractivity contribution in [3.63, 3.8) is 0 Å². The second-order valence-electron chi connectivity index (χ2n) is 28.7. The van der Waals surface area contributed by atoms with Crippen molar-refractivity contribution in [2.24, 2.45) is 0 Å². The van der Waals surface area contributed by atoms with Gasteiger partial charge in [-0.2, -0.15) is 0 Å². The molecular formula is C87H158N2O4. The Kier molecular flexibility index (Phi) is 65.6. The molecule has 6 nitrogen and oxygen atoms in total. The summed E-state index contributed by atoms with van der Waals surface area (Å²) in [6.07, 6.45) is 108. The fourth-order valence-electron chi connectivity index (χ4n) is 13.1. The molecule has 0 aromatic heterocycles. The minimum Gasteiger partial charge on any atom is -0.462 e. The maximum atomic E-state index is 12.5. The average Bonchev–Trinajstić information content (AvgIpc) is 1.64. The lowest BCUT2D eigenvalue weighted by atomic mass is 9.98. The summed E-state index contributed by atoms with van der Waals surface area (Å²) in [6, 6.07) is 0.603. The van der Waals surface area contributed by atoms with Crippen LogP contribution in [0.1, 0.15) is 387 Å². The Bertz CT molecular complexity index is 1710. The quantitative estimate of drug-likeness (QED) is 0.0344. The van der Waals surface area contributed by atoms with Gasteiger partial charge in [-0.1, -0.05) is 279 Å². The van der Waals surface area contributed by atoms with Crippen LogP contribution in [-0.4, -0.2) is 80.6 Å². The van der Waals surface area contributed by atoms with E-state index in [9.17, 15) is 4.79 Å². The fraction of sp³-hybridized carbons (Fsp3) is 0.805. The van der Waals surface area contributed by atoms with Crippen molar-refractivity contribution in [2.45, 2.75) is 417 Å². The number of allylic oxidation sites excluding steroid dienone is 16. The van der Waals surface area contributed by atoms with Crippen molar-refractivity contribution < 1.29 is 19.0 Å². The van der Waals surface area contributed by atoms with Gasteiger partial charge < -0.3 is 24.0 Å². The van der Waals surface area contributed by atoms with E-state index in [1.54, 1.807) is 0 Å². The Labute approximate surface area is 581 Å². The van der Waals surface area contributed by atoms with Gasteiger partial charge >= 0.3 is 5.97 Å². The molecule has 1 saturated carbocycles. The molecule has 3 atom stereocenters. The van der Waals surface area contributed by atoms with E-state index in [-0.39, 0.29) is 17.9 Å². The molecule has 2 fully saturated rings. The van der Waals surface area contributed by atoms with Gasteiger partial charge in [-0.15, -0.1) is 0 Å². The summed E-state index contributed by atoms with van der Waals surface area (Å²) >= 11 is 0. The van der Waals surface area contributed by atoms with Crippen LogP contribution in [0.25, 0.3) is 0 Å². The minimum atomic E-state index is -0.308. The van der Waals surface area contributed by atoms with Gasteiger partial charge in [0.15, 0.2) is 5.79 Å². The Balaban J connectivity index is 0.000000930. The summed E-state index contributed by atoms with van der Waals surface area (Å²) in [5, 5.41) is 0. The van der Waals surface area contributed by atoms with E-state index in [0.29, 0.717) is 24.7 Å². The number of rotatable bonds is 66. The standard InChI is InChI=1S/C44H79NO2.C43H79NO2/c1-5-7-9-11-13-15-17-19-21-23-25-27-29-31-33-35-37-44(46-42-39-41(45(3)4)40-43(42)47-44)38-36-34-32-30-28-26-24-22-20-18-16-14-12-10-8-6-2;1-5-7-9-11-13-15-17-19-21-23-25-27-29-31-33-35-38-42(46-43(45)40-37-41-44(3)4)39-36-34-32-30-28-26-24-22-20-18-16-14-12-10-8-6-2/h13-16,19-22,41-43H,5-12,17-18,23-40H2,1-4H3;13-16,19-22,42H,5-12,17-18,23-41H2,1-4H3/b2*15-13-,16-14-,21-19-,22-20-/t41?,42-,43+;. The van der Waals surface area contributed by atoms with Gasteiger partial charge in [0.05, 0.1) is 12.2 Å². The van der Waals surface area contributed by atoms with Gasteiger partial charge in [0.2, 0.25) is 0 Å². The average molecular weight is 1300 g/mol. The zero-order valence-electron chi connectivity index (χ0n) is 63.4. The Morgan fingerprint density at radius 2 is 0.634 bits per heavy atom. The zero-order valence-corrected chi connectivity index (χ0v) is 63.4. The van der Waals surface area contributed by atoms with E-state index in [4.69, 9.17) is 14.2 Å². The first kappa shape index (κ1) is 88.2. The van der Waals surface area contributed by atoms with Crippen LogP contribution in [0.15, 0.2) is 97.2 Å². The maximum absolute atomic E-state index is 12.5. The van der Waals surface area contributed by atoms with Gasteiger partial charge in [0.25, 0.3) is 0 Å². The molecule has 0 radical (unpaired) electrons.